The van der Waals surface area contributed by atoms with Gasteiger partial charge in [0.1, 0.15) is 11.3 Å². The molecule has 3 rings (SSSR count). The topological polar surface area (TPSA) is 16.4 Å². The van der Waals surface area contributed by atoms with Crippen LogP contribution in [0.25, 0.3) is 11.0 Å². The van der Waals surface area contributed by atoms with E-state index in [1.807, 2.05) is 18.2 Å². The van der Waals surface area contributed by atoms with E-state index < -0.39 is 0 Å². The van der Waals surface area contributed by atoms with Crippen LogP contribution in [-0.4, -0.2) is 13.1 Å². The molecule has 0 bridgehead atoms. The van der Waals surface area contributed by atoms with Gasteiger partial charge in [-0.1, -0.05) is 54.1 Å². The predicted molar refractivity (Wildman–Crippen MR) is 103 cm³/mol. The van der Waals surface area contributed by atoms with Crippen LogP contribution >= 0.6 is 0 Å². The van der Waals surface area contributed by atoms with E-state index in [0.717, 1.165) is 41.9 Å². The lowest BCUT2D eigenvalue weighted by Crippen LogP contribution is -2.23. The van der Waals surface area contributed by atoms with E-state index in [-0.39, 0.29) is 0 Å². The van der Waals surface area contributed by atoms with Crippen LogP contribution in [0.3, 0.4) is 0 Å². The zero-order valence-corrected chi connectivity index (χ0v) is 14.2. The van der Waals surface area contributed by atoms with Crippen molar-refractivity contribution in [3.63, 3.8) is 0 Å². The number of rotatable bonds is 7. The Morgan fingerprint density at radius 1 is 1.00 bits per heavy atom. The Hall–Kier alpha value is -2.74. The summed E-state index contributed by atoms with van der Waals surface area (Å²) >= 11 is 0. The highest BCUT2D eigenvalue weighted by atomic mass is 16.3. The molecule has 0 spiro atoms. The summed E-state index contributed by atoms with van der Waals surface area (Å²) in [5.74, 6) is 0.991. The average molecular weight is 317 g/mol. The number of hydrogen-bond acceptors (Lipinski definition) is 2. The van der Waals surface area contributed by atoms with Crippen molar-refractivity contribution in [1.82, 2.24) is 0 Å². The van der Waals surface area contributed by atoms with E-state index in [0.29, 0.717) is 0 Å². The van der Waals surface area contributed by atoms with Gasteiger partial charge >= 0.3 is 0 Å². The quantitative estimate of drug-likeness (QED) is 0.534. The first-order chi connectivity index (χ1) is 11.7. The fraction of sp³-hybridized carbons (Fsp3) is 0.182. The molecule has 3 aromatic rings. The number of fused-ring (bicyclic) bond motifs is 1. The molecule has 2 heteroatoms. The van der Waals surface area contributed by atoms with Gasteiger partial charge in [0.05, 0.1) is 5.69 Å². The van der Waals surface area contributed by atoms with Crippen molar-refractivity contribution < 1.29 is 4.42 Å². The van der Waals surface area contributed by atoms with Crippen LogP contribution in [-0.2, 0) is 6.42 Å². The minimum absolute atomic E-state index is 0.760. The van der Waals surface area contributed by atoms with Gasteiger partial charge in [-0.2, -0.15) is 0 Å². The molecule has 0 N–H and O–H groups in total. The first kappa shape index (κ1) is 16.1. The van der Waals surface area contributed by atoms with E-state index in [9.17, 15) is 0 Å². The van der Waals surface area contributed by atoms with Crippen molar-refractivity contribution in [1.29, 1.82) is 0 Å². The van der Waals surface area contributed by atoms with Crippen molar-refractivity contribution >= 4 is 16.7 Å². The van der Waals surface area contributed by atoms with E-state index in [1.165, 1.54) is 11.1 Å². The van der Waals surface area contributed by atoms with Crippen LogP contribution in [0.4, 0.5) is 5.69 Å². The van der Waals surface area contributed by atoms with Crippen molar-refractivity contribution in [2.75, 3.05) is 18.0 Å². The minimum Gasteiger partial charge on any atom is -0.458 e. The third-order valence-electron chi connectivity index (χ3n) is 4.11. The number of benzene rings is 2. The Bertz CT molecular complexity index is 835. The molecule has 0 aliphatic carbocycles. The Kier molecular flexibility index (Phi) is 4.85. The fourth-order valence-corrected chi connectivity index (χ4v) is 3.07. The first-order valence-electron chi connectivity index (χ1n) is 8.25. The van der Waals surface area contributed by atoms with Crippen molar-refractivity contribution in [3.8, 4) is 0 Å². The van der Waals surface area contributed by atoms with Gasteiger partial charge in [-0.3, -0.25) is 0 Å². The lowest BCUT2D eigenvalue weighted by molar-refractivity contribution is 0.561. The van der Waals surface area contributed by atoms with E-state index in [2.05, 4.69) is 67.4 Å². The molecule has 122 valence electrons. The van der Waals surface area contributed by atoms with Gasteiger partial charge in [-0.25, -0.2) is 0 Å². The van der Waals surface area contributed by atoms with E-state index >= 15 is 0 Å². The number of anilines is 1. The number of nitrogens with zero attached hydrogens (tertiary/aromatic N) is 1. The van der Waals surface area contributed by atoms with Crippen molar-refractivity contribution in [3.05, 3.63) is 90.7 Å². The summed E-state index contributed by atoms with van der Waals surface area (Å²) in [6, 6.07) is 16.8. The van der Waals surface area contributed by atoms with Gasteiger partial charge in [-0.15, -0.1) is 13.2 Å². The lowest BCUT2D eigenvalue weighted by Gasteiger charge is -2.22. The molecular weight excluding hydrogens is 294 g/mol. The monoisotopic (exact) mass is 317 g/mol. The summed E-state index contributed by atoms with van der Waals surface area (Å²) in [4.78, 5) is 2.27. The molecule has 1 heterocycles. The zero-order valence-electron chi connectivity index (χ0n) is 14.2. The molecule has 0 aliphatic heterocycles. The molecule has 0 aliphatic rings. The predicted octanol–water partition coefficient (Wildman–Crippen LogP) is 5.51. The van der Waals surface area contributed by atoms with Gasteiger partial charge in [0, 0.05) is 24.9 Å². The normalized spacial score (nSPS) is 10.7. The molecule has 0 fully saturated rings. The van der Waals surface area contributed by atoms with Gasteiger partial charge in [0.25, 0.3) is 0 Å². The van der Waals surface area contributed by atoms with Crippen LogP contribution in [0.5, 0.6) is 0 Å². The molecular formula is C22H23NO. The van der Waals surface area contributed by atoms with Crippen LogP contribution in [0.15, 0.2) is 78.3 Å². The molecule has 0 saturated carbocycles. The largest absolute Gasteiger partial charge is 0.458 e. The van der Waals surface area contributed by atoms with Gasteiger partial charge in [0.2, 0.25) is 0 Å². The van der Waals surface area contributed by atoms with Crippen molar-refractivity contribution in [2.45, 2.75) is 13.3 Å². The Morgan fingerprint density at radius 3 is 2.38 bits per heavy atom. The highest BCUT2D eigenvalue weighted by Gasteiger charge is 2.19. The van der Waals surface area contributed by atoms with Gasteiger partial charge in [-0.05, 0) is 24.6 Å². The summed E-state index contributed by atoms with van der Waals surface area (Å²) in [7, 11) is 0. The number of hydrogen-bond donors (Lipinski definition) is 0. The van der Waals surface area contributed by atoms with Gasteiger partial charge in [0.15, 0.2) is 0 Å². The first-order valence-corrected chi connectivity index (χ1v) is 8.25. The second-order valence-electron chi connectivity index (χ2n) is 6.02. The van der Waals surface area contributed by atoms with Crippen LogP contribution in [0, 0.1) is 6.92 Å². The van der Waals surface area contributed by atoms with Crippen LogP contribution in [0.1, 0.15) is 16.9 Å². The molecule has 0 saturated heterocycles. The smallest absolute Gasteiger partial charge is 0.136 e. The highest BCUT2D eigenvalue weighted by molar-refractivity contribution is 5.93. The summed E-state index contributed by atoms with van der Waals surface area (Å²) in [5, 5.41) is 1.16. The molecule has 2 aromatic carbocycles. The second-order valence-corrected chi connectivity index (χ2v) is 6.02. The third-order valence-corrected chi connectivity index (χ3v) is 4.11. The lowest BCUT2D eigenvalue weighted by atomic mass is 10.1. The van der Waals surface area contributed by atoms with Crippen LogP contribution < -0.4 is 4.90 Å². The highest BCUT2D eigenvalue weighted by Crippen LogP contribution is 2.36. The molecule has 24 heavy (non-hydrogen) atoms. The summed E-state index contributed by atoms with van der Waals surface area (Å²) in [5.41, 5.74) is 4.55. The van der Waals surface area contributed by atoms with E-state index in [1.54, 1.807) is 0 Å². The fourth-order valence-electron chi connectivity index (χ4n) is 3.07. The Balaban J connectivity index is 2.14. The standard InChI is InChI=1S/C22H23NO/c1-4-13-23(14-5-2)22-19-15-17(3)11-12-20(19)24-21(22)16-18-9-7-6-8-10-18/h4-12,15H,1-2,13-14,16H2,3H3. The Morgan fingerprint density at radius 2 is 1.71 bits per heavy atom. The number of aryl methyl sites for hydroxylation is 1. The maximum Gasteiger partial charge on any atom is 0.136 e. The molecule has 0 atom stereocenters. The Labute approximate surface area is 143 Å². The minimum atomic E-state index is 0.760. The molecule has 2 nitrogen and oxygen atoms in total. The molecule has 0 radical (unpaired) electrons. The third kappa shape index (κ3) is 3.28. The summed E-state index contributed by atoms with van der Waals surface area (Å²) in [6.45, 7) is 11.4. The number of furan rings is 1. The van der Waals surface area contributed by atoms with E-state index in [4.69, 9.17) is 4.42 Å². The average Bonchev–Trinajstić information content (AvgIpc) is 2.92. The zero-order chi connectivity index (χ0) is 16.9. The van der Waals surface area contributed by atoms with Gasteiger partial charge < -0.3 is 9.32 Å². The molecule has 0 amide bonds. The second kappa shape index (κ2) is 7.22. The van der Waals surface area contributed by atoms with Crippen molar-refractivity contribution in [2.24, 2.45) is 0 Å². The maximum atomic E-state index is 6.22. The molecule has 1 aromatic heterocycles. The molecule has 0 unspecified atom stereocenters. The maximum absolute atomic E-state index is 6.22. The SMILES string of the molecule is C=CCN(CC=C)c1c(Cc2ccccc2)oc2ccc(C)cc12. The van der Waals surface area contributed by atoms with Crippen LogP contribution in [0.2, 0.25) is 0 Å². The summed E-state index contributed by atoms with van der Waals surface area (Å²) < 4.78 is 6.22. The summed E-state index contributed by atoms with van der Waals surface area (Å²) in [6.07, 6.45) is 4.61.